The molecule has 0 atom stereocenters. The molecule has 1 N–H and O–H groups in total. The molecule has 0 saturated heterocycles. The SMILES string of the molecule is Cc1cc(CC(=O)Nc2cc(C3CC(COc4nscc4C4CC4)C3)n(C(C)(C)C)n2)on1. The molecule has 2 saturated carbocycles. The standard InChI is InChI=1S/C24H31N5O3S/c1-14-7-18(32-27-14)10-22(30)25-21-11-20(29(26-21)24(2,3)4)17-8-15(9-17)12-31-23-19(13-33-28-23)16-5-6-16/h7,11,13,15-17H,5-6,8-10,12H2,1-4H3,(H,25,26,30). The molecule has 0 bridgehead atoms. The Kier molecular flexibility index (Phi) is 5.76. The first-order valence-corrected chi connectivity index (χ1v) is 12.5. The van der Waals surface area contributed by atoms with Crippen LogP contribution in [0.1, 0.15) is 81.0 Å². The maximum absolute atomic E-state index is 12.5. The number of aryl methyl sites for hydroxylation is 1. The van der Waals surface area contributed by atoms with E-state index in [-0.39, 0.29) is 17.9 Å². The molecule has 0 aromatic carbocycles. The van der Waals surface area contributed by atoms with Crippen LogP contribution in [0.3, 0.4) is 0 Å². The Morgan fingerprint density at radius 2 is 2.06 bits per heavy atom. The summed E-state index contributed by atoms with van der Waals surface area (Å²) >= 11 is 1.49. The Labute approximate surface area is 197 Å². The summed E-state index contributed by atoms with van der Waals surface area (Å²) in [5, 5.41) is 13.6. The number of anilines is 1. The molecule has 9 heteroatoms. The van der Waals surface area contributed by atoms with Gasteiger partial charge in [0.15, 0.2) is 5.82 Å². The topological polar surface area (TPSA) is 95.1 Å². The molecule has 0 spiro atoms. The van der Waals surface area contributed by atoms with Crippen molar-refractivity contribution < 1.29 is 14.1 Å². The zero-order valence-electron chi connectivity index (χ0n) is 19.6. The van der Waals surface area contributed by atoms with Crippen LogP contribution in [-0.2, 0) is 16.8 Å². The van der Waals surface area contributed by atoms with Gasteiger partial charge in [-0.05, 0) is 76.7 Å². The third-order valence-corrected chi connectivity index (χ3v) is 6.97. The van der Waals surface area contributed by atoms with Crippen LogP contribution in [0.5, 0.6) is 5.88 Å². The van der Waals surface area contributed by atoms with Crippen molar-refractivity contribution in [1.82, 2.24) is 19.3 Å². The first-order valence-electron chi connectivity index (χ1n) is 11.7. The lowest BCUT2D eigenvalue weighted by molar-refractivity contribution is -0.115. The lowest BCUT2D eigenvalue weighted by atomic mass is 9.73. The summed E-state index contributed by atoms with van der Waals surface area (Å²) in [6.45, 7) is 8.94. The van der Waals surface area contributed by atoms with Gasteiger partial charge in [-0.1, -0.05) is 5.16 Å². The molecule has 2 aliphatic carbocycles. The van der Waals surface area contributed by atoms with E-state index in [1.807, 2.05) is 13.0 Å². The molecular weight excluding hydrogens is 438 g/mol. The van der Waals surface area contributed by atoms with Crippen molar-refractivity contribution in [2.75, 3.05) is 11.9 Å². The van der Waals surface area contributed by atoms with Gasteiger partial charge in [0.05, 0.1) is 24.3 Å². The van der Waals surface area contributed by atoms with E-state index in [0.717, 1.165) is 30.1 Å². The zero-order valence-corrected chi connectivity index (χ0v) is 20.4. The average Bonchev–Trinajstić information content (AvgIpc) is 3.08. The average molecular weight is 470 g/mol. The minimum absolute atomic E-state index is 0.140. The Bertz CT molecular complexity index is 1130. The van der Waals surface area contributed by atoms with Gasteiger partial charge in [0.1, 0.15) is 5.76 Å². The third-order valence-electron chi connectivity index (χ3n) is 6.34. The molecule has 0 radical (unpaired) electrons. The number of nitrogens with one attached hydrogen (secondary N) is 1. The Balaban J connectivity index is 1.20. The van der Waals surface area contributed by atoms with Crippen molar-refractivity contribution >= 4 is 23.3 Å². The van der Waals surface area contributed by atoms with Gasteiger partial charge >= 0.3 is 0 Å². The van der Waals surface area contributed by atoms with Crippen LogP contribution in [0.4, 0.5) is 5.82 Å². The highest BCUT2D eigenvalue weighted by molar-refractivity contribution is 7.03. The van der Waals surface area contributed by atoms with Crippen LogP contribution < -0.4 is 10.1 Å². The molecule has 176 valence electrons. The van der Waals surface area contributed by atoms with E-state index in [1.165, 1.54) is 29.9 Å². The predicted molar refractivity (Wildman–Crippen MR) is 126 cm³/mol. The van der Waals surface area contributed by atoms with Crippen LogP contribution in [0.15, 0.2) is 22.0 Å². The smallest absolute Gasteiger partial charge is 0.233 e. The number of nitrogens with zero attached hydrogens (tertiary/aromatic N) is 4. The van der Waals surface area contributed by atoms with E-state index in [0.29, 0.717) is 35.9 Å². The fourth-order valence-electron chi connectivity index (χ4n) is 4.45. The third kappa shape index (κ3) is 4.98. The summed E-state index contributed by atoms with van der Waals surface area (Å²) in [6.07, 6.45) is 4.76. The summed E-state index contributed by atoms with van der Waals surface area (Å²) in [7, 11) is 0. The highest BCUT2D eigenvalue weighted by atomic mass is 32.1. The first-order chi connectivity index (χ1) is 15.8. The predicted octanol–water partition coefficient (Wildman–Crippen LogP) is 5.02. The minimum Gasteiger partial charge on any atom is -0.477 e. The van der Waals surface area contributed by atoms with Crippen LogP contribution in [0.25, 0.3) is 0 Å². The maximum atomic E-state index is 12.5. The maximum Gasteiger partial charge on any atom is 0.233 e. The van der Waals surface area contributed by atoms with Gasteiger partial charge in [-0.15, -0.1) is 0 Å². The van der Waals surface area contributed by atoms with Gasteiger partial charge in [-0.3, -0.25) is 9.48 Å². The van der Waals surface area contributed by atoms with Gasteiger partial charge in [0.2, 0.25) is 11.8 Å². The quantitative estimate of drug-likeness (QED) is 0.498. The summed E-state index contributed by atoms with van der Waals surface area (Å²) in [6, 6.07) is 3.79. The van der Waals surface area contributed by atoms with E-state index >= 15 is 0 Å². The Morgan fingerprint density at radius 1 is 1.27 bits per heavy atom. The fraction of sp³-hybridized carbons (Fsp3) is 0.583. The van der Waals surface area contributed by atoms with Crippen molar-refractivity contribution in [3.63, 3.8) is 0 Å². The summed E-state index contributed by atoms with van der Waals surface area (Å²) in [4.78, 5) is 12.5. The molecule has 5 rings (SSSR count). The van der Waals surface area contributed by atoms with Gasteiger partial charge < -0.3 is 14.6 Å². The monoisotopic (exact) mass is 469 g/mol. The summed E-state index contributed by atoms with van der Waals surface area (Å²) in [5.74, 6) is 3.40. The molecule has 3 aromatic heterocycles. The normalized spacial score (nSPS) is 20.5. The van der Waals surface area contributed by atoms with Gasteiger partial charge in [-0.2, -0.15) is 9.47 Å². The molecule has 3 aromatic rings. The molecule has 1 amide bonds. The number of hydrogen-bond donors (Lipinski definition) is 1. The number of hydrogen-bond acceptors (Lipinski definition) is 7. The van der Waals surface area contributed by atoms with Gasteiger partial charge in [0.25, 0.3) is 0 Å². The minimum atomic E-state index is -0.179. The number of carbonyl (C=O) groups excluding carboxylic acids is 1. The largest absolute Gasteiger partial charge is 0.477 e. The number of aromatic nitrogens is 4. The highest BCUT2D eigenvalue weighted by Gasteiger charge is 2.36. The number of ether oxygens (including phenoxy) is 1. The van der Waals surface area contributed by atoms with Crippen LogP contribution in [-0.4, -0.2) is 31.8 Å². The van der Waals surface area contributed by atoms with Crippen LogP contribution >= 0.6 is 11.5 Å². The number of rotatable bonds is 8. The summed E-state index contributed by atoms with van der Waals surface area (Å²) in [5.41, 5.74) is 3.04. The molecule has 8 nitrogen and oxygen atoms in total. The first kappa shape index (κ1) is 22.1. The molecule has 0 aliphatic heterocycles. The van der Waals surface area contributed by atoms with Crippen molar-refractivity contribution in [2.45, 2.75) is 77.2 Å². The van der Waals surface area contributed by atoms with E-state index < -0.39 is 0 Å². The Hall–Kier alpha value is -2.68. The van der Waals surface area contributed by atoms with E-state index in [1.54, 1.807) is 6.07 Å². The lowest BCUT2D eigenvalue weighted by Gasteiger charge is -2.37. The van der Waals surface area contributed by atoms with Crippen molar-refractivity contribution in [2.24, 2.45) is 5.92 Å². The van der Waals surface area contributed by atoms with Gasteiger partial charge in [-0.25, -0.2) is 0 Å². The van der Waals surface area contributed by atoms with Crippen molar-refractivity contribution in [3.8, 4) is 5.88 Å². The number of carbonyl (C=O) groups is 1. The van der Waals surface area contributed by atoms with E-state index in [2.05, 4.69) is 45.7 Å². The second-order valence-electron chi connectivity index (χ2n) is 10.4. The van der Waals surface area contributed by atoms with Crippen LogP contribution in [0, 0.1) is 12.8 Å². The Morgan fingerprint density at radius 3 is 2.73 bits per heavy atom. The molecule has 2 fully saturated rings. The lowest BCUT2D eigenvalue weighted by Crippen LogP contribution is -2.32. The molecule has 33 heavy (non-hydrogen) atoms. The van der Waals surface area contributed by atoms with Crippen molar-refractivity contribution in [1.29, 1.82) is 0 Å². The second-order valence-corrected chi connectivity index (χ2v) is 11.0. The molecular formula is C24H31N5O3S. The van der Waals surface area contributed by atoms with Crippen LogP contribution in [0.2, 0.25) is 0 Å². The van der Waals surface area contributed by atoms with Gasteiger partial charge in [0, 0.05) is 34.7 Å². The second kappa shape index (κ2) is 8.59. The zero-order chi connectivity index (χ0) is 23.2. The molecule has 3 heterocycles. The van der Waals surface area contributed by atoms with Crippen molar-refractivity contribution in [3.05, 3.63) is 40.2 Å². The molecule has 0 unspecified atom stereocenters. The summed E-state index contributed by atoms with van der Waals surface area (Å²) < 4.78 is 17.7. The number of amides is 1. The highest BCUT2D eigenvalue weighted by Crippen LogP contribution is 2.46. The van der Waals surface area contributed by atoms with E-state index in [9.17, 15) is 4.79 Å². The fourth-order valence-corrected chi connectivity index (χ4v) is 5.16. The molecule has 2 aliphatic rings. The van der Waals surface area contributed by atoms with E-state index in [4.69, 9.17) is 14.4 Å².